The van der Waals surface area contributed by atoms with Crippen molar-refractivity contribution in [2.45, 2.75) is 13.0 Å². The van der Waals surface area contributed by atoms with Crippen molar-refractivity contribution in [3.63, 3.8) is 0 Å². The number of hydrogen-bond acceptors (Lipinski definition) is 7. The van der Waals surface area contributed by atoms with Gasteiger partial charge in [0.25, 0.3) is 0 Å². The second-order valence-corrected chi connectivity index (χ2v) is 3.21. The zero-order chi connectivity index (χ0) is 14.0. The summed E-state index contributed by atoms with van der Waals surface area (Å²) >= 11 is 0. The van der Waals surface area contributed by atoms with E-state index in [2.05, 4.69) is 20.0 Å². The van der Waals surface area contributed by atoms with Gasteiger partial charge in [-0.1, -0.05) is 0 Å². The van der Waals surface area contributed by atoms with Gasteiger partial charge in [0.05, 0.1) is 26.9 Å². The van der Waals surface area contributed by atoms with Crippen LogP contribution in [0, 0.1) is 0 Å². The molecule has 0 aromatic carbocycles. The van der Waals surface area contributed by atoms with E-state index in [1.54, 1.807) is 6.92 Å². The molecule has 9 heteroatoms. The number of carbonyl (C=O) groups is 2. The molecule has 0 radical (unpaired) electrons. The van der Waals surface area contributed by atoms with Gasteiger partial charge in [0.1, 0.15) is 11.9 Å². The Morgan fingerprint density at radius 1 is 1.44 bits per heavy atom. The molecule has 0 aromatic rings. The molecule has 1 atom stereocenters. The lowest BCUT2D eigenvalue weighted by molar-refractivity contribution is -0.120. The minimum atomic E-state index is -0.867. The van der Waals surface area contributed by atoms with Gasteiger partial charge in [0.2, 0.25) is 5.91 Å². The first-order valence-corrected chi connectivity index (χ1v) is 5.11. The maximum absolute atomic E-state index is 10.6. The Labute approximate surface area is 104 Å². The first-order valence-electron chi connectivity index (χ1n) is 5.11. The van der Waals surface area contributed by atoms with E-state index in [-0.39, 0.29) is 13.2 Å². The highest BCUT2D eigenvalue weighted by Gasteiger charge is 2.08. The Hall–Kier alpha value is -1.87. The molecule has 0 fully saturated rings. The predicted octanol–water partition coefficient (Wildman–Crippen LogP) is -1.48. The third kappa shape index (κ3) is 8.30. The number of rotatable bonds is 6. The van der Waals surface area contributed by atoms with Crippen molar-refractivity contribution in [2.24, 2.45) is 16.5 Å². The molecule has 0 aliphatic carbocycles. The quantitative estimate of drug-likeness (QED) is 0.174. The van der Waals surface area contributed by atoms with Gasteiger partial charge in [-0.2, -0.15) is 0 Å². The van der Waals surface area contributed by atoms with Crippen molar-refractivity contribution < 1.29 is 23.9 Å². The number of amidine groups is 1. The van der Waals surface area contributed by atoms with Crippen molar-refractivity contribution >= 4 is 17.9 Å². The molecule has 0 heterocycles. The van der Waals surface area contributed by atoms with Crippen molar-refractivity contribution in [2.75, 3.05) is 26.9 Å². The van der Waals surface area contributed by atoms with Crippen LogP contribution in [0.3, 0.4) is 0 Å². The number of carbonyl (C=O) groups excluding carboxylic acids is 2. The van der Waals surface area contributed by atoms with Gasteiger partial charge < -0.3 is 25.8 Å². The lowest BCUT2D eigenvalue weighted by atomic mass is 10.3. The van der Waals surface area contributed by atoms with Gasteiger partial charge in [-0.05, 0) is 6.92 Å². The van der Waals surface area contributed by atoms with Crippen LogP contribution < -0.4 is 16.9 Å². The second-order valence-electron chi connectivity index (χ2n) is 3.21. The summed E-state index contributed by atoms with van der Waals surface area (Å²) < 4.78 is 9.29. The summed E-state index contributed by atoms with van der Waals surface area (Å²) in [6.45, 7) is 2.21. The van der Waals surface area contributed by atoms with Gasteiger partial charge in [0, 0.05) is 0 Å². The van der Waals surface area contributed by atoms with Crippen molar-refractivity contribution in [1.29, 1.82) is 0 Å². The molecular weight excluding hydrogens is 244 g/mol. The van der Waals surface area contributed by atoms with Crippen LogP contribution in [0.1, 0.15) is 6.92 Å². The topological polar surface area (TPSA) is 138 Å². The molecule has 18 heavy (non-hydrogen) atoms. The number of methoxy groups -OCH3 is 1. The van der Waals surface area contributed by atoms with Crippen LogP contribution in [0.5, 0.6) is 0 Å². The van der Waals surface area contributed by atoms with Crippen molar-refractivity contribution in [1.82, 2.24) is 5.48 Å². The third-order valence-corrected chi connectivity index (χ3v) is 1.70. The highest BCUT2D eigenvalue weighted by molar-refractivity contribution is 5.80. The summed E-state index contributed by atoms with van der Waals surface area (Å²) in [5, 5.41) is 0. The highest BCUT2D eigenvalue weighted by atomic mass is 16.8. The molecule has 0 unspecified atom stereocenters. The number of nitrogens with one attached hydrogen (secondary N) is 1. The Morgan fingerprint density at radius 2 is 2.11 bits per heavy atom. The lowest BCUT2D eigenvalue weighted by Crippen LogP contribution is -2.40. The maximum Gasteiger partial charge on any atom is 0.532 e. The number of aliphatic imine (C=N–C) groups is 1. The SMILES string of the molecule is COC(=O)ONC(C)=NCCOC[C@H](N)C(N)=O. The van der Waals surface area contributed by atoms with E-state index in [0.717, 1.165) is 0 Å². The summed E-state index contributed by atoms with van der Waals surface area (Å²) in [4.78, 5) is 29.5. The maximum atomic E-state index is 10.6. The average Bonchev–Trinajstić information content (AvgIpc) is 2.34. The summed E-state index contributed by atoms with van der Waals surface area (Å²) in [6, 6.07) is -0.823. The van der Waals surface area contributed by atoms with Crippen molar-refractivity contribution in [3.8, 4) is 0 Å². The second kappa shape index (κ2) is 9.19. The number of hydroxylamine groups is 1. The van der Waals surface area contributed by atoms with E-state index in [9.17, 15) is 9.59 Å². The lowest BCUT2D eigenvalue weighted by Gasteiger charge is -2.07. The number of nitrogens with two attached hydrogens (primary N) is 2. The molecule has 0 saturated heterocycles. The fourth-order valence-electron chi connectivity index (χ4n) is 0.760. The first kappa shape index (κ1) is 16.1. The Morgan fingerprint density at radius 3 is 2.67 bits per heavy atom. The van der Waals surface area contributed by atoms with E-state index >= 15 is 0 Å². The van der Waals surface area contributed by atoms with Crippen LogP contribution in [-0.2, 0) is 19.1 Å². The normalized spacial score (nSPS) is 12.7. The van der Waals surface area contributed by atoms with E-state index in [1.807, 2.05) is 0 Å². The van der Waals surface area contributed by atoms with Crippen molar-refractivity contribution in [3.05, 3.63) is 0 Å². The molecule has 0 spiro atoms. The van der Waals surface area contributed by atoms with E-state index in [0.29, 0.717) is 12.4 Å². The molecule has 5 N–H and O–H groups in total. The summed E-state index contributed by atoms with van der Waals surface area (Å²) in [6.07, 6.45) is -0.867. The number of hydrogen-bond donors (Lipinski definition) is 3. The Bertz CT molecular complexity index is 307. The highest BCUT2D eigenvalue weighted by Crippen LogP contribution is 1.84. The molecule has 0 rings (SSSR count). The average molecular weight is 262 g/mol. The molecule has 0 aromatic heterocycles. The monoisotopic (exact) mass is 262 g/mol. The van der Waals surface area contributed by atoms with Crippen LogP contribution in [0.25, 0.3) is 0 Å². The Balaban J connectivity index is 3.62. The summed E-state index contributed by atoms with van der Waals surface area (Å²) in [7, 11) is 1.19. The standard InChI is InChI=1S/C9H18N4O5/c1-6(13-18-9(15)16-2)12-3-4-17-5-7(10)8(11)14/h7H,3-5,10H2,1-2H3,(H2,11,14)(H,12,13)/t7-/m0/s1. The zero-order valence-electron chi connectivity index (χ0n) is 10.3. The summed E-state index contributed by atoms with van der Waals surface area (Å²) in [5.74, 6) is -0.244. The number of amides is 1. The minimum absolute atomic E-state index is 0.0377. The van der Waals surface area contributed by atoms with Gasteiger partial charge in [-0.25, -0.2) is 10.3 Å². The molecule has 0 aliphatic heterocycles. The Kier molecular flexibility index (Phi) is 8.24. The fraction of sp³-hybridized carbons (Fsp3) is 0.667. The van der Waals surface area contributed by atoms with Crippen LogP contribution in [-0.4, -0.2) is 50.8 Å². The molecule has 0 saturated carbocycles. The largest absolute Gasteiger partial charge is 0.532 e. The third-order valence-electron chi connectivity index (χ3n) is 1.70. The molecule has 9 nitrogen and oxygen atoms in total. The molecular formula is C9H18N4O5. The van der Waals surface area contributed by atoms with Crippen LogP contribution >= 0.6 is 0 Å². The van der Waals surface area contributed by atoms with E-state index < -0.39 is 18.1 Å². The molecule has 1 amide bonds. The van der Waals surface area contributed by atoms with Crippen LogP contribution in [0.2, 0.25) is 0 Å². The molecule has 0 aliphatic rings. The van der Waals surface area contributed by atoms with Gasteiger partial charge >= 0.3 is 6.16 Å². The van der Waals surface area contributed by atoms with Crippen LogP contribution in [0.15, 0.2) is 4.99 Å². The number of nitrogens with zero attached hydrogens (tertiary/aromatic N) is 1. The predicted molar refractivity (Wildman–Crippen MR) is 62.6 cm³/mol. The number of ether oxygens (including phenoxy) is 2. The van der Waals surface area contributed by atoms with Gasteiger partial charge in [-0.15, -0.1) is 0 Å². The first-order chi connectivity index (χ1) is 8.47. The zero-order valence-corrected chi connectivity index (χ0v) is 10.3. The molecule has 104 valence electrons. The van der Waals surface area contributed by atoms with Gasteiger partial charge in [-0.3, -0.25) is 9.79 Å². The fourth-order valence-corrected chi connectivity index (χ4v) is 0.760. The molecule has 0 bridgehead atoms. The van der Waals surface area contributed by atoms with Gasteiger partial charge in [0.15, 0.2) is 0 Å². The number of primary amides is 1. The summed E-state index contributed by atoms with van der Waals surface area (Å²) in [5.41, 5.74) is 12.5. The van der Waals surface area contributed by atoms with E-state index in [1.165, 1.54) is 7.11 Å². The van der Waals surface area contributed by atoms with Crippen LogP contribution in [0.4, 0.5) is 4.79 Å². The smallest absolute Gasteiger partial charge is 0.436 e. The van der Waals surface area contributed by atoms with E-state index in [4.69, 9.17) is 16.2 Å². The minimum Gasteiger partial charge on any atom is -0.436 e.